The highest BCUT2D eigenvalue weighted by Gasteiger charge is 2.25. The van der Waals surface area contributed by atoms with E-state index in [4.69, 9.17) is 14.3 Å². The van der Waals surface area contributed by atoms with E-state index >= 15 is 0 Å². The molecule has 0 radical (unpaired) electrons. The third-order valence-electron chi connectivity index (χ3n) is 3.21. The van der Waals surface area contributed by atoms with Crippen LogP contribution in [0, 0.1) is 0 Å². The van der Waals surface area contributed by atoms with Crippen molar-refractivity contribution in [2.45, 2.75) is 25.9 Å². The molecule has 2 N–H and O–H groups in total. The van der Waals surface area contributed by atoms with Crippen molar-refractivity contribution >= 4 is 7.82 Å². The highest BCUT2D eigenvalue weighted by atomic mass is 31.2. The maximum atomic E-state index is 11.2. The summed E-state index contributed by atoms with van der Waals surface area (Å²) in [6.45, 7) is 1.96. The van der Waals surface area contributed by atoms with Crippen LogP contribution < -0.4 is 0 Å². The number of phosphoric ester groups is 1. The lowest BCUT2D eigenvalue weighted by molar-refractivity contribution is 0.127. The Balaban J connectivity index is 2.44. The molecule has 1 atom stereocenters. The molecule has 0 bridgehead atoms. The zero-order valence-corrected chi connectivity index (χ0v) is 12.7. The molecule has 0 saturated heterocycles. The standard InChI is InChI=1S/C16H19O4P/c1-2-8-16(20-21(17,18)19)15-12-7-6-11-14(15)13-9-4-3-5-10-13/h3-7,9-12,16H,2,8H2,1H3,(H2,17,18,19). The molecule has 0 aliphatic rings. The van der Waals surface area contributed by atoms with E-state index in [1.807, 2.05) is 61.5 Å². The van der Waals surface area contributed by atoms with Crippen LogP contribution in [0.2, 0.25) is 0 Å². The van der Waals surface area contributed by atoms with Crippen molar-refractivity contribution in [1.29, 1.82) is 0 Å². The fraction of sp³-hybridized carbons (Fsp3) is 0.250. The van der Waals surface area contributed by atoms with Gasteiger partial charge in [0.1, 0.15) is 0 Å². The van der Waals surface area contributed by atoms with Crippen molar-refractivity contribution in [1.82, 2.24) is 0 Å². The Morgan fingerprint density at radius 1 is 1.05 bits per heavy atom. The molecule has 5 heteroatoms. The monoisotopic (exact) mass is 306 g/mol. The van der Waals surface area contributed by atoms with E-state index in [9.17, 15) is 4.57 Å². The Morgan fingerprint density at radius 3 is 2.29 bits per heavy atom. The summed E-state index contributed by atoms with van der Waals surface area (Å²) < 4.78 is 16.2. The summed E-state index contributed by atoms with van der Waals surface area (Å²) in [7, 11) is -4.53. The van der Waals surface area contributed by atoms with E-state index in [1.165, 1.54) is 0 Å². The van der Waals surface area contributed by atoms with E-state index in [0.717, 1.165) is 23.1 Å². The first-order chi connectivity index (χ1) is 10.0. The van der Waals surface area contributed by atoms with Crippen LogP contribution in [0.25, 0.3) is 11.1 Å². The second-order valence-corrected chi connectivity index (χ2v) is 6.02. The highest BCUT2D eigenvalue weighted by Crippen LogP contribution is 2.45. The topological polar surface area (TPSA) is 66.8 Å². The summed E-state index contributed by atoms with van der Waals surface area (Å²) in [6, 6.07) is 17.3. The molecule has 0 saturated carbocycles. The Hall–Kier alpha value is -1.45. The summed E-state index contributed by atoms with van der Waals surface area (Å²) in [5.41, 5.74) is 2.74. The maximum absolute atomic E-state index is 11.2. The van der Waals surface area contributed by atoms with Gasteiger partial charge < -0.3 is 9.79 Å². The van der Waals surface area contributed by atoms with Crippen molar-refractivity contribution in [3.05, 3.63) is 60.2 Å². The lowest BCUT2D eigenvalue weighted by atomic mass is 9.94. The number of phosphoric acid groups is 1. The van der Waals surface area contributed by atoms with Crippen LogP contribution in [0.3, 0.4) is 0 Å². The van der Waals surface area contributed by atoms with Gasteiger partial charge in [0.25, 0.3) is 0 Å². The van der Waals surface area contributed by atoms with Crippen molar-refractivity contribution in [2.24, 2.45) is 0 Å². The molecular weight excluding hydrogens is 287 g/mol. The molecule has 0 aliphatic heterocycles. The summed E-state index contributed by atoms with van der Waals surface area (Å²) in [6.07, 6.45) is 0.704. The van der Waals surface area contributed by atoms with Gasteiger partial charge in [-0.3, -0.25) is 4.52 Å². The molecule has 0 fully saturated rings. The smallest absolute Gasteiger partial charge is 0.303 e. The lowest BCUT2D eigenvalue weighted by Crippen LogP contribution is -2.04. The quantitative estimate of drug-likeness (QED) is 0.781. The van der Waals surface area contributed by atoms with Crippen LogP contribution >= 0.6 is 7.82 Å². The molecule has 4 nitrogen and oxygen atoms in total. The average molecular weight is 306 g/mol. The van der Waals surface area contributed by atoms with Gasteiger partial charge in [-0.25, -0.2) is 4.57 Å². The maximum Gasteiger partial charge on any atom is 0.470 e. The minimum absolute atomic E-state index is 0.551. The van der Waals surface area contributed by atoms with Crippen LogP contribution in [0.15, 0.2) is 54.6 Å². The Bertz CT molecular complexity index is 621. The van der Waals surface area contributed by atoms with Crippen LogP contribution in [0.4, 0.5) is 0 Å². The van der Waals surface area contributed by atoms with Crippen molar-refractivity contribution in [3.63, 3.8) is 0 Å². The van der Waals surface area contributed by atoms with Gasteiger partial charge in [-0.2, -0.15) is 0 Å². The van der Waals surface area contributed by atoms with E-state index in [0.29, 0.717) is 6.42 Å². The van der Waals surface area contributed by atoms with Gasteiger partial charge in [0, 0.05) is 0 Å². The van der Waals surface area contributed by atoms with Gasteiger partial charge in [-0.05, 0) is 23.1 Å². The first-order valence-electron chi connectivity index (χ1n) is 6.89. The van der Waals surface area contributed by atoms with E-state index in [2.05, 4.69) is 0 Å². The van der Waals surface area contributed by atoms with Crippen molar-refractivity contribution in [3.8, 4) is 11.1 Å². The summed E-state index contributed by atoms with van der Waals surface area (Å²) in [5.74, 6) is 0. The molecule has 0 aliphatic carbocycles. The normalized spacial score (nSPS) is 13.1. The molecule has 0 heterocycles. The first kappa shape index (κ1) is 15.9. The molecule has 2 aromatic rings. The average Bonchev–Trinajstić information content (AvgIpc) is 2.46. The van der Waals surface area contributed by atoms with E-state index < -0.39 is 13.9 Å². The molecule has 21 heavy (non-hydrogen) atoms. The number of hydrogen-bond donors (Lipinski definition) is 2. The Labute approximate surface area is 124 Å². The van der Waals surface area contributed by atoms with Gasteiger partial charge in [-0.15, -0.1) is 0 Å². The number of rotatable bonds is 6. The minimum Gasteiger partial charge on any atom is -0.303 e. The fourth-order valence-corrected chi connectivity index (χ4v) is 2.90. The van der Waals surface area contributed by atoms with E-state index in [-0.39, 0.29) is 0 Å². The van der Waals surface area contributed by atoms with Gasteiger partial charge in [-0.1, -0.05) is 67.9 Å². The number of benzene rings is 2. The third-order valence-corrected chi connectivity index (χ3v) is 3.74. The SMILES string of the molecule is CCCC(OP(=O)(O)O)c1ccccc1-c1ccccc1. The Kier molecular flexibility index (Phi) is 5.32. The van der Waals surface area contributed by atoms with Crippen LogP contribution in [-0.2, 0) is 9.09 Å². The van der Waals surface area contributed by atoms with Crippen molar-refractivity contribution < 1.29 is 18.9 Å². The third kappa shape index (κ3) is 4.51. The second kappa shape index (κ2) is 7.01. The molecule has 1 unspecified atom stereocenters. The van der Waals surface area contributed by atoms with Crippen LogP contribution in [0.1, 0.15) is 31.4 Å². The van der Waals surface area contributed by atoms with Gasteiger partial charge in [0.2, 0.25) is 0 Å². The molecule has 2 rings (SSSR count). The summed E-state index contributed by atoms with van der Waals surface area (Å²) in [5, 5.41) is 0. The Morgan fingerprint density at radius 2 is 1.67 bits per heavy atom. The molecule has 112 valence electrons. The zero-order valence-electron chi connectivity index (χ0n) is 11.8. The minimum atomic E-state index is -4.53. The molecule has 0 aromatic heterocycles. The van der Waals surface area contributed by atoms with Crippen LogP contribution in [0.5, 0.6) is 0 Å². The zero-order chi connectivity index (χ0) is 15.3. The summed E-state index contributed by atoms with van der Waals surface area (Å²) in [4.78, 5) is 18.3. The second-order valence-electron chi connectivity index (χ2n) is 4.83. The lowest BCUT2D eigenvalue weighted by Gasteiger charge is -2.21. The van der Waals surface area contributed by atoms with E-state index in [1.54, 1.807) is 0 Å². The molecular formula is C16H19O4P. The molecule has 0 spiro atoms. The molecule has 2 aromatic carbocycles. The largest absolute Gasteiger partial charge is 0.470 e. The first-order valence-corrected chi connectivity index (χ1v) is 8.42. The van der Waals surface area contributed by atoms with Crippen LogP contribution in [-0.4, -0.2) is 9.79 Å². The predicted molar refractivity (Wildman–Crippen MR) is 82.7 cm³/mol. The van der Waals surface area contributed by atoms with Gasteiger partial charge in [0.05, 0.1) is 6.10 Å². The van der Waals surface area contributed by atoms with Gasteiger partial charge >= 0.3 is 7.82 Å². The number of hydrogen-bond acceptors (Lipinski definition) is 2. The predicted octanol–water partition coefficient (Wildman–Crippen LogP) is 4.30. The van der Waals surface area contributed by atoms with Gasteiger partial charge in [0.15, 0.2) is 0 Å². The highest BCUT2D eigenvalue weighted by molar-refractivity contribution is 7.46. The van der Waals surface area contributed by atoms with Crippen molar-refractivity contribution in [2.75, 3.05) is 0 Å². The molecule has 0 amide bonds. The fourth-order valence-electron chi connectivity index (χ4n) is 2.35. The summed E-state index contributed by atoms with van der Waals surface area (Å²) >= 11 is 0.